The van der Waals surface area contributed by atoms with Crippen molar-refractivity contribution in [3.8, 4) is 11.3 Å². The van der Waals surface area contributed by atoms with Gasteiger partial charge in [0.15, 0.2) is 0 Å². The van der Waals surface area contributed by atoms with Gasteiger partial charge in [-0.3, -0.25) is 9.59 Å². The first kappa shape index (κ1) is 21.2. The minimum atomic E-state index is -0.944. The predicted octanol–water partition coefficient (Wildman–Crippen LogP) is 3.98. The van der Waals surface area contributed by atoms with Crippen LogP contribution in [0.3, 0.4) is 0 Å². The maximum absolute atomic E-state index is 12.8. The molecule has 30 heavy (non-hydrogen) atoms. The monoisotopic (exact) mass is 405 g/mol. The zero-order chi connectivity index (χ0) is 21.5. The molecule has 0 spiro atoms. The zero-order valence-corrected chi connectivity index (χ0v) is 17.3. The summed E-state index contributed by atoms with van der Waals surface area (Å²) in [6.07, 6.45) is 0. The van der Waals surface area contributed by atoms with E-state index in [-0.39, 0.29) is 18.6 Å². The van der Waals surface area contributed by atoms with Crippen LogP contribution in [0.1, 0.15) is 19.4 Å². The Kier molecular flexibility index (Phi) is 6.91. The van der Waals surface area contributed by atoms with Crippen molar-refractivity contribution in [3.05, 3.63) is 82.6 Å². The number of hydrogen-bond donors (Lipinski definition) is 2. The Bertz CT molecular complexity index is 1040. The summed E-state index contributed by atoms with van der Waals surface area (Å²) in [6.45, 7) is 6.08. The summed E-state index contributed by atoms with van der Waals surface area (Å²) < 4.78 is 0. The normalized spacial score (nSPS) is 10.6. The summed E-state index contributed by atoms with van der Waals surface area (Å²) >= 11 is 0. The number of aromatic amines is 1. The van der Waals surface area contributed by atoms with Gasteiger partial charge >= 0.3 is 5.97 Å². The Hall–Kier alpha value is -3.54. The highest BCUT2D eigenvalue weighted by Crippen LogP contribution is 2.23. The van der Waals surface area contributed by atoms with Gasteiger partial charge in [-0.2, -0.15) is 0 Å². The maximum atomic E-state index is 12.8. The lowest BCUT2D eigenvalue weighted by molar-refractivity contribution is -0.135. The lowest BCUT2D eigenvalue weighted by atomic mass is 10.1. The summed E-state index contributed by atoms with van der Waals surface area (Å²) in [4.78, 5) is 30.9. The Balaban J connectivity index is 1.87. The molecule has 0 bridgehead atoms. The number of carboxylic acids is 1. The van der Waals surface area contributed by atoms with E-state index in [9.17, 15) is 14.7 Å². The Morgan fingerprint density at radius 1 is 0.900 bits per heavy atom. The second-order valence-corrected chi connectivity index (χ2v) is 7.03. The molecule has 0 unspecified atom stereocenters. The van der Waals surface area contributed by atoms with Gasteiger partial charge in [-0.1, -0.05) is 30.3 Å². The molecule has 1 heterocycles. The van der Waals surface area contributed by atoms with Crippen LogP contribution in [0.4, 0.5) is 11.4 Å². The number of carbonyl (C=O) groups is 1. The molecule has 6 nitrogen and oxygen atoms in total. The number of H-pyrrole nitrogens is 1. The topological polar surface area (TPSA) is 76.6 Å². The molecule has 0 fully saturated rings. The molecule has 0 radical (unpaired) electrons. The number of para-hydroxylation sites is 1. The third kappa shape index (κ3) is 5.08. The van der Waals surface area contributed by atoms with Gasteiger partial charge in [-0.15, -0.1) is 0 Å². The third-order valence-corrected chi connectivity index (χ3v) is 5.09. The van der Waals surface area contributed by atoms with Crippen LogP contribution in [0.5, 0.6) is 0 Å². The zero-order valence-electron chi connectivity index (χ0n) is 17.3. The minimum absolute atomic E-state index is 0.183. The molecule has 0 saturated heterocycles. The first-order chi connectivity index (χ1) is 14.5. The summed E-state index contributed by atoms with van der Waals surface area (Å²) in [6, 6.07) is 21.0. The average Bonchev–Trinajstić information content (AvgIpc) is 2.76. The van der Waals surface area contributed by atoms with Crippen LogP contribution in [0.2, 0.25) is 0 Å². The second-order valence-electron chi connectivity index (χ2n) is 7.03. The fourth-order valence-electron chi connectivity index (χ4n) is 3.50. The summed E-state index contributed by atoms with van der Waals surface area (Å²) in [5.41, 5.74) is 3.85. The molecular formula is C24H27N3O3. The van der Waals surface area contributed by atoms with Crippen LogP contribution in [-0.2, 0) is 11.3 Å². The highest BCUT2D eigenvalue weighted by molar-refractivity contribution is 5.73. The van der Waals surface area contributed by atoms with Gasteiger partial charge in [-0.05, 0) is 50.2 Å². The maximum Gasteiger partial charge on any atom is 0.323 e. The standard InChI is InChI=1S/C24H27N3O3/c1-3-26(4-2)21-12-8-9-18(15-21)22-14-13-19(24(30)25-22)16-27(17-23(28)29)20-10-6-5-7-11-20/h5-15H,3-4,16-17H2,1-2H3,(H,25,30)(H,28,29). The molecule has 3 aromatic rings. The molecule has 0 saturated carbocycles. The molecule has 0 aliphatic rings. The van der Waals surface area contributed by atoms with Crippen LogP contribution >= 0.6 is 0 Å². The number of nitrogens with zero attached hydrogens (tertiary/aromatic N) is 2. The average molecular weight is 405 g/mol. The van der Waals surface area contributed by atoms with Crippen molar-refractivity contribution >= 4 is 17.3 Å². The lowest BCUT2D eigenvalue weighted by Crippen LogP contribution is -2.31. The van der Waals surface area contributed by atoms with Crippen LogP contribution < -0.4 is 15.4 Å². The van der Waals surface area contributed by atoms with Gasteiger partial charge in [-0.25, -0.2) is 0 Å². The van der Waals surface area contributed by atoms with Gasteiger partial charge in [0.2, 0.25) is 0 Å². The van der Waals surface area contributed by atoms with E-state index in [1.807, 2.05) is 48.5 Å². The molecule has 156 valence electrons. The van der Waals surface area contributed by atoms with Crippen molar-refractivity contribution in [1.29, 1.82) is 0 Å². The molecule has 3 rings (SSSR count). The number of carboxylic acid groups (broad SMARTS) is 1. The van der Waals surface area contributed by atoms with Crippen molar-refractivity contribution in [1.82, 2.24) is 4.98 Å². The number of rotatable bonds is 9. The van der Waals surface area contributed by atoms with E-state index < -0.39 is 5.97 Å². The number of pyridine rings is 1. The number of nitrogens with one attached hydrogen (secondary N) is 1. The highest BCUT2D eigenvalue weighted by Gasteiger charge is 2.14. The van der Waals surface area contributed by atoms with Gasteiger partial charge in [0.25, 0.3) is 5.56 Å². The Labute approximate surface area is 176 Å². The van der Waals surface area contributed by atoms with Crippen LogP contribution in [0.25, 0.3) is 11.3 Å². The minimum Gasteiger partial charge on any atom is -0.480 e. The number of anilines is 2. The van der Waals surface area contributed by atoms with Gasteiger partial charge < -0.3 is 19.9 Å². The number of hydrogen-bond acceptors (Lipinski definition) is 4. The summed E-state index contributed by atoms with van der Waals surface area (Å²) in [7, 11) is 0. The molecule has 0 atom stereocenters. The van der Waals surface area contributed by atoms with Crippen molar-refractivity contribution in [2.24, 2.45) is 0 Å². The van der Waals surface area contributed by atoms with E-state index in [0.29, 0.717) is 5.56 Å². The fourth-order valence-corrected chi connectivity index (χ4v) is 3.50. The van der Waals surface area contributed by atoms with E-state index in [2.05, 4.69) is 35.9 Å². The molecule has 2 aromatic carbocycles. The lowest BCUT2D eigenvalue weighted by Gasteiger charge is -2.23. The largest absolute Gasteiger partial charge is 0.480 e. The molecule has 0 aliphatic carbocycles. The van der Waals surface area contributed by atoms with E-state index in [4.69, 9.17) is 0 Å². The Morgan fingerprint density at radius 2 is 1.60 bits per heavy atom. The first-order valence-corrected chi connectivity index (χ1v) is 10.1. The van der Waals surface area contributed by atoms with Crippen LogP contribution in [0, 0.1) is 0 Å². The number of aromatic nitrogens is 1. The van der Waals surface area contributed by atoms with Gasteiger partial charge in [0.1, 0.15) is 6.54 Å². The smallest absolute Gasteiger partial charge is 0.323 e. The van der Waals surface area contributed by atoms with E-state index >= 15 is 0 Å². The number of aliphatic carboxylic acids is 1. The van der Waals surface area contributed by atoms with Gasteiger partial charge in [0, 0.05) is 47.8 Å². The van der Waals surface area contributed by atoms with E-state index in [1.165, 1.54) is 0 Å². The van der Waals surface area contributed by atoms with Crippen molar-refractivity contribution in [2.75, 3.05) is 29.4 Å². The number of benzene rings is 2. The molecule has 1 aromatic heterocycles. The van der Waals surface area contributed by atoms with Crippen molar-refractivity contribution in [3.63, 3.8) is 0 Å². The fraction of sp³-hybridized carbons (Fsp3) is 0.250. The second kappa shape index (κ2) is 9.78. The van der Waals surface area contributed by atoms with Gasteiger partial charge in [0.05, 0.1) is 0 Å². The van der Waals surface area contributed by atoms with Crippen molar-refractivity contribution in [2.45, 2.75) is 20.4 Å². The van der Waals surface area contributed by atoms with Crippen LogP contribution in [0.15, 0.2) is 71.5 Å². The first-order valence-electron chi connectivity index (χ1n) is 10.1. The van der Waals surface area contributed by atoms with E-state index in [0.717, 1.165) is 35.7 Å². The molecule has 0 amide bonds. The summed E-state index contributed by atoms with van der Waals surface area (Å²) in [5.74, 6) is -0.944. The summed E-state index contributed by atoms with van der Waals surface area (Å²) in [5, 5.41) is 9.27. The van der Waals surface area contributed by atoms with Crippen LogP contribution in [-0.4, -0.2) is 35.7 Å². The molecule has 2 N–H and O–H groups in total. The quantitative estimate of drug-likeness (QED) is 0.563. The van der Waals surface area contributed by atoms with Crippen molar-refractivity contribution < 1.29 is 9.90 Å². The predicted molar refractivity (Wildman–Crippen MR) is 121 cm³/mol. The Morgan fingerprint density at radius 3 is 2.23 bits per heavy atom. The third-order valence-electron chi connectivity index (χ3n) is 5.09. The molecule has 6 heteroatoms. The molecular weight excluding hydrogens is 378 g/mol. The van der Waals surface area contributed by atoms with E-state index in [1.54, 1.807) is 11.0 Å². The highest BCUT2D eigenvalue weighted by atomic mass is 16.4. The molecule has 0 aliphatic heterocycles. The SMILES string of the molecule is CCN(CC)c1cccc(-c2ccc(CN(CC(=O)O)c3ccccc3)c(=O)[nH]2)c1.